The highest BCUT2D eigenvalue weighted by atomic mass is 35.5. The Kier molecular flexibility index (Phi) is 6.24. The van der Waals surface area contributed by atoms with Crippen molar-refractivity contribution < 1.29 is 18.0 Å². The lowest BCUT2D eigenvalue weighted by Gasteiger charge is -2.30. The largest absolute Gasteiger partial charge is 0.391 e. The topological polar surface area (TPSA) is 32.3 Å². The fourth-order valence-corrected chi connectivity index (χ4v) is 4.42. The van der Waals surface area contributed by atoms with E-state index in [1.807, 2.05) is 25.1 Å². The molecule has 27 heavy (non-hydrogen) atoms. The predicted molar refractivity (Wildman–Crippen MR) is 101 cm³/mol. The fraction of sp³-hybridized carbons (Fsp3) is 0.650. The monoisotopic (exact) mass is 402 g/mol. The average Bonchev–Trinajstić information content (AvgIpc) is 3.10. The van der Waals surface area contributed by atoms with Crippen LogP contribution in [0.4, 0.5) is 18.9 Å². The summed E-state index contributed by atoms with van der Waals surface area (Å²) < 4.78 is 38.8. The summed E-state index contributed by atoms with van der Waals surface area (Å²) in [5, 5.41) is 3.60. The molecule has 1 heterocycles. The third kappa shape index (κ3) is 5.09. The molecule has 3 rings (SSSR count). The van der Waals surface area contributed by atoms with Gasteiger partial charge in [-0.3, -0.25) is 4.79 Å². The molecule has 150 valence electrons. The molecule has 1 aromatic carbocycles. The summed E-state index contributed by atoms with van der Waals surface area (Å²) in [5.74, 6) is -1.77. The van der Waals surface area contributed by atoms with Gasteiger partial charge in [0.05, 0.1) is 5.92 Å². The summed E-state index contributed by atoms with van der Waals surface area (Å²) in [6.07, 6.45) is -2.16. The number of nitrogens with one attached hydrogen (secondary N) is 1. The second-order valence-electron chi connectivity index (χ2n) is 7.88. The predicted octanol–water partition coefficient (Wildman–Crippen LogP) is 4.96. The van der Waals surface area contributed by atoms with Gasteiger partial charge in [-0.15, -0.1) is 0 Å². The van der Waals surface area contributed by atoms with E-state index in [-0.39, 0.29) is 18.7 Å². The molecule has 0 spiro atoms. The summed E-state index contributed by atoms with van der Waals surface area (Å²) in [6, 6.07) is 5.82. The number of carbonyl (C=O) groups excluding carboxylic acids is 1. The minimum Gasteiger partial charge on any atom is -0.371 e. The van der Waals surface area contributed by atoms with Crippen molar-refractivity contribution in [3.8, 4) is 0 Å². The first kappa shape index (κ1) is 20.3. The van der Waals surface area contributed by atoms with Crippen LogP contribution in [0.1, 0.15) is 37.7 Å². The lowest BCUT2D eigenvalue weighted by molar-refractivity contribution is -0.186. The number of halogens is 4. The van der Waals surface area contributed by atoms with Crippen LogP contribution in [0, 0.1) is 24.7 Å². The average molecular weight is 403 g/mol. The maximum absolute atomic E-state index is 12.9. The number of rotatable bonds is 4. The Morgan fingerprint density at radius 1 is 1.30 bits per heavy atom. The van der Waals surface area contributed by atoms with Crippen molar-refractivity contribution in [2.24, 2.45) is 17.8 Å². The molecule has 7 heteroatoms. The van der Waals surface area contributed by atoms with Gasteiger partial charge >= 0.3 is 6.18 Å². The van der Waals surface area contributed by atoms with Gasteiger partial charge in [0.2, 0.25) is 5.91 Å². The van der Waals surface area contributed by atoms with E-state index in [1.165, 1.54) is 0 Å². The van der Waals surface area contributed by atoms with Crippen molar-refractivity contribution >= 4 is 23.2 Å². The standard InChI is InChI=1S/C20H26ClF3N2O/c1-13-5-6-17(21)10-18(13)26-8-7-14(12-26)11-25-19(27)15-3-2-4-16(9-15)20(22,23)24/h5-6,10,14-16H,2-4,7-9,11-12H2,1H3,(H,25,27). The van der Waals surface area contributed by atoms with Gasteiger partial charge in [-0.1, -0.05) is 24.1 Å². The molecule has 1 aliphatic carbocycles. The second-order valence-corrected chi connectivity index (χ2v) is 8.32. The molecule has 2 aliphatic rings. The highest BCUT2D eigenvalue weighted by Crippen LogP contribution is 2.40. The number of hydrogen-bond donors (Lipinski definition) is 1. The van der Waals surface area contributed by atoms with Gasteiger partial charge in [-0.2, -0.15) is 13.2 Å². The van der Waals surface area contributed by atoms with Crippen molar-refractivity contribution in [1.82, 2.24) is 5.32 Å². The third-order valence-corrected chi connectivity index (χ3v) is 6.11. The van der Waals surface area contributed by atoms with E-state index in [0.29, 0.717) is 30.3 Å². The van der Waals surface area contributed by atoms with Crippen LogP contribution in [0.25, 0.3) is 0 Å². The number of alkyl halides is 3. The van der Waals surface area contributed by atoms with Crippen LogP contribution < -0.4 is 10.2 Å². The van der Waals surface area contributed by atoms with Crippen molar-refractivity contribution in [3.63, 3.8) is 0 Å². The van der Waals surface area contributed by atoms with Crippen molar-refractivity contribution in [1.29, 1.82) is 0 Å². The molecule has 1 aromatic rings. The summed E-state index contributed by atoms with van der Waals surface area (Å²) in [7, 11) is 0. The van der Waals surface area contributed by atoms with Crippen LogP contribution in [-0.2, 0) is 4.79 Å². The smallest absolute Gasteiger partial charge is 0.371 e. The third-order valence-electron chi connectivity index (χ3n) is 5.87. The number of hydrogen-bond acceptors (Lipinski definition) is 2. The number of nitrogens with zero attached hydrogens (tertiary/aromatic N) is 1. The number of anilines is 1. The normalized spacial score (nSPS) is 26.3. The van der Waals surface area contributed by atoms with Crippen LogP contribution in [0.2, 0.25) is 5.02 Å². The Bertz CT molecular complexity index is 680. The van der Waals surface area contributed by atoms with Crippen LogP contribution in [0.5, 0.6) is 0 Å². The second kappa shape index (κ2) is 8.29. The molecule has 0 radical (unpaired) electrons. The molecule has 1 aliphatic heterocycles. The molecule has 3 unspecified atom stereocenters. The first-order chi connectivity index (χ1) is 12.7. The van der Waals surface area contributed by atoms with Gasteiger partial charge in [0, 0.05) is 36.3 Å². The Morgan fingerprint density at radius 2 is 2.07 bits per heavy atom. The molecular weight excluding hydrogens is 377 g/mol. The summed E-state index contributed by atoms with van der Waals surface area (Å²) in [5.41, 5.74) is 2.26. The molecule has 0 bridgehead atoms. The molecule has 0 aromatic heterocycles. The van der Waals surface area contributed by atoms with Gasteiger partial charge in [0.25, 0.3) is 0 Å². The molecule has 3 atom stereocenters. The van der Waals surface area contributed by atoms with Gasteiger partial charge in [0.15, 0.2) is 0 Å². The van der Waals surface area contributed by atoms with E-state index < -0.39 is 18.0 Å². The minimum atomic E-state index is -4.19. The van der Waals surface area contributed by atoms with Crippen LogP contribution in [0.15, 0.2) is 18.2 Å². The SMILES string of the molecule is Cc1ccc(Cl)cc1N1CCC(CNC(=O)C2CCCC(C(F)(F)F)C2)C1. The number of carbonyl (C=O) groups is 1. The molecular formula is C20H26ClF3N2O. The Morgan fingerprint density at radius 3 is 2.81 bits per heavy atom. The molecule has 1 saturated heterocycles. The van der Waals surface area contributed by atoms with E-state index >= 15 is 0 Å². The number of amides is 1. The van der Waals surface area contributed by atoms with Gasteiger partial charge < -0.3 is 10.2 Å². The highest BCUT2D eigenvalue weighted by molar-refractivity contribution is 6.30. The Balaban J connectivity index is 1.49. The van der Waals surface area contributed by atoms with E-state index in [0.717, 1.165) is 30.8 Å². The maximum atomic E-state index is 12.9. The summed E-state index contributed by atoms with van der Waals surface area (Å²) in [4.78, 5) is 14.6. The Hall–Kier alpha value is -1.43. The first-order valence-corrected chi connectivity index (χ1v) is 9.97. The molecule has 3 nitrogen and oxygen atoms in total. The van der Waals surface area contributed by atoms with Crippen molar-refractivity contribution in [2.75, 3.05) is 24.5 Å². The first-order valence-electron chi connectivity index (χ1n) is 9.59. The van der Waals surface area contributed by atoms with Crippen molar-refractivity contribution in [3.05, 3.63) is 28.8 Å². The summed E-state index contributed by atoms with van der Waals surface area (Å²) >= 11 is 6.10. The van der Waals surface area contributed by atoms with Crippen LogP contribution in [0.3, 0.4) is 0 Å². The number of benzene rings is 1. The molecule has 2 fully saturated rings. The highest BCUT2D eigenvalue weighted by Gasteiger charge is 2.43. The van der Waals surface area contributed by atoms with Gasteiger partial charge in [0.1, 0.15) is 0 Å². The van der Waals surface area contributed by atoms with E-state index in [9.17, 15) is 18.0 Å². The van der Waals surface area contributed by atoms with E-state index in [4.69, 9.17) is 11.6 Å². The quantitative estimate of drug-likeness (QED) is 0.772. The minimum absolute atomic E-state index is 0.0756. The zero-order valence-electron chi connectivity index (χ0n) is 15.5. The fourth-order valence-electron chi connectivity index (χ4n) is 4.26. The lowest BCUT2D eigenvalue weighted by atomic mass is 9.80. The molecule has 1 N–H and O–H groups in total. The van der Waals surface area contributed by atoms with Crippen LogP contribution in [-0.4, -0.2) is 31.7 Å². The zero-order valence-corrected chi connectivity index (χ0v) is 16.2. The summed E-state index contributed by atoms with van der Waals surface area (Å²) in [6.45, 7) is 4.27. The number of aryl methyl sites for hydroxylation is 1. The Labute approximate surface area is 163 Å². The lowest BCUT2D eigenvalue weighted by Crippen LogP contribution is -2.39. The van der Waals surface area contributed by atoms with Crippen LogP contribution >= 0.6 is 11.6 Å². The molecule has 1 saturated carbocycles. The zero-order chi connectivity index (χ0) is 19.6. The maximum Gasteiger partial charge on any atom is 0.391 e. The molecule has 1 amide bonds. The van der Waals surface area contributed by atoms with Crippen molar-refractivity contribution in [2.45, 2.75) is 45.2 Å². The van der Waals surface area contributed by atoms with E-state index in [2.05, 4.69) is 10.2 Å². The van der Waals surface area contributed by atoms with E-state index in [1.54, 1.807) is 0 Å². The van der Waals surface area contributed by atoms with Gasteiger partial charge in [-0.05, 0) is 56.2 Å². The van der Waals surface area contributed by atoms with Gasteiger partial charge in [-0.25, -0.2) is 0 Å².